The Morgan fingerprint density at radius 1 is 1.10 bits per heavy atom. The Morgan fingerprint density at radius 2 is 1.81 bits per heavy atom. The lowest BCUT2D eigenvalue weighted by Gasteiger charge is -2.31. The summed E-state index contributed by atoms with van der Waals surface area (Å²) in [6.45, 7) is 3.49. The number of nitrogens with zero attached hydrogens (tertiary/aromatic N) is 2. The van der Waals surface area contributed by atoms with E-state index in [4.69, 9.17) is 4.74 Å². The molecule has 2 aliphatic heterocycles. The van der Waals surface area contributed by atoms with Crippen molar-refractivity contribution in [3.63, 3.8) is 0 Å². The predicted molar refractivity (Wildman–Crippen MR) is 115 cm³/mol. The summed E-state index contributed by atoms with van der Waals surface area (Å²) < 4.78 is 5.41. The van der Waals surface area contributed by atoms with Crippen LogP contribution < -0.4 is 15.1 Å². The molecule has 2 aliphatic rings. The zero-order valence-electron chi connectivity index (χ0n) is 17.3. The van der Waals surface area contributed by atoms with Crippen LogP contribution in [0.3, 0.4) is 0 Å². The summed E-state index contributed by atoms with van der Waals surface area (Å²) in [6, 6.07) is 14.4. The molecule has 1 fully saturated rings. The molecule has 160 valence electrons. The quantitative estimate of drug-likeness (QED) is 0.764. The van der Waals surface area contributed by atoms with Crippen molar-refractivity contribution < 1.29 is 23.9 Å². The highest BCUT2D eigenvalue weighted by atomic mass is 16.5. The third-order valence-electron chi connectivity index (χ3n) is 5.48. The molecule has 0 aromatic heterocycles. The van der Waals surface area contributed by atoms with E-state index in [1.807, 2.05) is 31.2 Å². The number of rotatable bonds is 4. The highest BCUT2D eigenvalue weighted by molar-refractivity contribution is 6.11. The van der Waals surface area contributed by atoms with Gasteiger partial charge in [0.05, 0.1) is 17.3 Å². The summed E-state index contributed by atoms with van der Waals surface area (Å²) in [7, 11) is 0. The highest BCUT2D eigenvalue weighted by Crippen LogP contribution is 2.30. The normalized spacial score (nSPS) is 19.0. The number of benzene rings is 2. The molecule has 1 saturated heterocycles. The molecule has 3 amide bonds. The lowest BCUT2D eigenvalue weighted by molar-refractivity contribution is -0.157. The topological polar surface area (TPSA) is 96.0 Å². The molecular weight excluding hydrogens is 398 g/mol. The van der Waals surface area contributed by atoms with E-state index in [0.29, 0.717) is 11.4 Å². The first-order chi connectivity index (χ1) is 14.8. The minimum Gasteiger partial charge on any atom is -0.452 e. The number of hydrogen-bond acceptors (Lipinski definition) is 5. The van der Waals surface area contributed by atoms with Crippen molar-refractivity contribution in [3.8, 4) is 0 Å². The second-order valence-electron chi connectivity index (χ2n) is 7.81. The zero-order chi connectivity index (χ0) is 22.1. The Kier molecular flexibility index (Phi) is 5.46. The van der Waals surface area contributed by atoms with Crippen molar-refractivity contribution in [2.75, 3.05) is 28.2 Å². The van der Waals surface area contributed by atoms with Gasteiger partial charge in [0, 0.05) is 18.7 Å². The van der Waals surface area contributed by atoms with Crippen LogP contribution in [0.4, 0.5) is 17.1 Å². The number of fused-ring (bicyclic) bond motifs is 1. The molecule has 8 nitrogen and oxygen atoms in total. The number of nitrogens with one attached hydrogen (secondary N) is 1. The maximum atomic E-state index is 12.9. The van der Waals surface area contributed by atoms with E-state index in [-0.39, 0.29) is 31.3 Å². The van der Waals surface area contributed by atoms with E-state index in [1.165, 1.54) is 11.8 Å². The Morgan fingerprint density at radius 3 is 2.55 bits per heavy atom. The summed E-state index contributed by atoms with van der Waals surface area (Å²) in [5.41, 5.74) is 2.88. The van der Waals surface area contributed by atoms with E-state index in [0.717, 1.165) is 11.3 Å². The van der Waals surface area contributed by atoms with Crippen LogP contribution in [-0.4, -0.2) is 42.9 Å². The third kappa shape index (κ3) is 4.14. The maximum Gasteiger partial charge on any atom is 0.312 e. The highest BCUT2D eigenvalue weighted by Gasteiger charge is 2.38. The molecule has 0 radical (unpaired) electrons. The smallest absolute Gasteiger partial charge is 0.312 e. The monoisotopic (exact) mass is 421 g/mol. The van der Waals surface area contributed by atoms with Crippen LogP contribution in [0.1, 0.15) is 18.9 Å². The molecule has 1 N–H and O–H groups in total. The lowest BCUT2D eigenvalue weighted by atomic mass is 10.1. The molecule has 0 aliphatic carbocycles. The van der Waals surface area contributed by atoms with Gasteiger partial charge in [-0.05, 0) is 38.1 Å². The largest absolute Gasteiger partial charge is 0.452 e. The maximum absolute atomic E-state index is 12.9. The van der Waals surface area contributed by atoms with Gasteiger partial charge in [0.25, 0.3) is 5.91 Å². The molecule has 0 saturated carbocycles. The van der Waals surface area contributed by atoms with Crippen LogP contribution in [0.2, 0.25) is 0 Å². The molecule has 8 heteroatoms. The molecule has 0 spiro atoms. The molecule has 2 heterocycles. The molecule has 2 atom stereocenters. The first-order valence-corrected chi connectivity index (χ1v) is 10.1. The van der Waals surface area contributed by atoms with Crippen molar-refractivity contribution >= 4 is 40.8 Å². The lowest BCUT2D eigenvalue weighted by Crippen LogP contribution is -2.47. The Balaban J connectivity index is 1.42. The van der Waals surface area contributed by atoms with E-state index >= 15 is 0 Å². The van der Waals surface area contributed by atoms with Crippen LogP contribution in [0.5, 0.6) is 0 Å². The van der Waals surface area contributed by atoms with Gasteiger partial charge < -0.3 is 15.0 Å². The van der Waals surface area contributed by atoms with Crippen LogP contribution >= 0.6 is 0 Å². The Labute approximate surface area is 179 Å². The van der Waals surface area contributed by atoms with Crippen molar-refractivity contribution in [2.24, 2.45) is 5.92 Å². The van der Waals surface area contributed by atoms with E-state index in [9.17, 15) is 19.2 Å². The second kappa shape index (κ2) is 8.22. The van der Waals surface area contributed by atoms with Gasteiger partial charge in [0.15, 0.2) is 6.10 Å². The van der Waals surface area contributed by atoms with Gasteiger partial charge in [-0.15, -0.1) is 0 Å². The average molecular weight is 421 g/mol. The van der Waals surface area contributed by atoms with E-state index in [2.05, 4.69) is 5.32 Å². The van der Waals surface area contributed by atoms with Gasteiger partial charge in [-0.2, -0.15) is 0 Å². The first-order valence-electron chi connectivity index (χ1n) is 10.1. The number of carbonyl (C=O) groups is 4. The minimum absolute atomic E-state index is 0.0303. The summed E-state index contributed by atoms with van der Waals surface area (Å²) >= 11 is 0. The van der Waals surface area contributed by atoms with Crippen molar-refractivity contribution in [1.29, 1.82) is 0 Å². The number of ether oxygens (including phenoxy) is 1. The van der Waals surface area contributed by atoms with Crippen LogP contribution in [0.25, 0.3) is 0 Å². The Bertz CT molecular complexity index is 1050. The molecular formula is C23H23N3O5. The molecule has 31 heavy (non-hydrogen) atoms. The summed E-state index contributed by atoms with van der Waals surface area (Å²) in [4.78, 5) is 52.9. The summed E-state index contributed by atoms with van der Waals surface area (Å²) in [5, 5.41) is 2.71. The molecule has 4 rings (SSSR count). The van der Waals surface area contributed by atoms with E-state index in [1.54, 1.807) is 29.2 Å². The van der Waals surface area contributed by atoms with Gasteiger partial charge in [-0.1, -0.05) is 29.8 Å². The standard InChI is InChI=1S/C23H23N3O5/c1-14-7-9-17(10-8-14)25-12-16(11-21(25)28)23(30)31-15(2)22(29)26-13-20(27)24-18-5-3-4-6-19(18)26/h3-10,15-16H,11-13H2,1-2H3,(H,24,27)/t15-,16+/m1/s1. The van der Waals surface area contributed by atoms with Crippen molar-refractivity contribution in [2.45, 2.75) is 26.4 Å². The number of amides is 3. The van der Waals surface area contributed by atoms with Gasteiger partial charge in [0.2, 0.25) is 11.8 Å². The molecule has 2 aromatic carbocycles. The minimum atomic E-state index is -1.09. The summed E-state index contributed by atoms with van der Waals surface area (Å²) in [5.74, 6) is -2.22. The second-order valence-corrected chi connectivity index (χ2v) is 7.81. The van der Waals surface area contributed by atoms with Gasteiger partial charge in [-0.3, -0.25) is 24.1 Å². The number of carbonyl (C=O) groups excluding carboxylic acids is 4. The number of hydrogen-bond donors (Lipinski definition) is 1. The molecule has 0 bridgehead atoms. The van der Waals surface area contributed by atoms with Gasteiger partial charge >= 0.3 is 5.97 Å². The molecule has 0 unspecified atom stereocenters. The van der Waals surface area contributed by atoms with Crippen molar-refractivity contribution in [3.05, 3.63) is 54.1 Å². The van der Waals surface area contributed by atoms with E-state index < -0.39 is 23.9 Å². The third-order valence-corrected chi connectivity index (χ3v) is 5.48. The zero-order valence-corrected chi connectivity index (χ0v) is 17.3. The summed E-state index contributed by atoms with van der Waals surface area (Å²) in [6.07, 6.45) is -1.06. The number of aryl methyl sites for hydroxylation is 1. The average Bonchev–Trinajstić information content (AvgIpc) is 3.14. The number of anilines is 3. The number of para-hydroxylation sites is 2. The Hall–Kier alpha value is -3.68. The SMILES string of the molecule is Cc1ccc(N2C[C@@H](C(=O)O[C@H](C)C(=O)N3CC(=O)Nc4ccccc43)CC2=O)cc1. The predicted octanol–water partition coefficient (Wildman–Crippen LogP) is 2.26. The van der Waals surface area contributed by atoms with Gasteiger partial charge in [0.1, 0.15) is 6.54 Å². The molecule has 2 aromatic rings. The fourth-order valence-corrected chi connectivity index (χ4v) is 3.81. The fourth-order valence-electron chi connectivity index (χ4n) is 3.81. The van der Waals surface area contributed by atoms with Crippen LogP contribution in [0.15, 0.2) is 48.5 Å². The first kappa shape index (κ1) is 20.6. The van der Waals surface area contributed by atoms with Crippen LogP contribution in [-0.2, 0) is 23.9 Å². The van der Waals surface area contributed by atoms with Crippen LogP contribution in [0, 0.1) is 12.8 Å². The fraction of sp³-hybridized carbons (Fsp3) is 0.304. The van der Waals surface area contributed by atoms with Gasteiger partial charge in [-0.25, -0.2) is 0 Å². The number of esters is 1. The van der Waals surface area contributed by atoms with Crippen molar-refractivity contribution in [1.82, 2.24) is 0 Å².